The predicted molar refractivity (Wildman–Crippen MR) is 106 cm³/mol. The van der Waals surface area contributed by atoms with E-state index in [2.05, 4.69) is 82.4 Å². The molecule has 1 N–H and O–H groups in total. The maximum Gasteiger partial charge on any atom is 0.230 e. The molecule has 0 bridgehead atoms. The smallest absolute Gasteiger partial charge is 0.230 e. The minimum atomic E-state index is -0.171. The van der Waals surface area contributed by atoms with Crippen molar-refractivity contribution in [1.29, 1.82) is 0 Å². The second-order valence-electron chi connectivity index (χ2n) is 8.30. The summed E-state index contributed by atoms with van der Waals surface area (Å²) >= 11 is 1.68. The highest BCUT2D eigenvalue weighted by Gasteiger charge is 2.26. The van der Waals surface area contributed by atoms with Gasteiger partial charge in [-0.25, -0.2) is 0 Å². The summed E-state index contributed by atoms with van der Waals surface area (Å²) in [6.07, 6.45) is 0.958. The molecule has 0 saturated heterocycles. The summed E-state index contributed by atoms with van der Waals surface area (Å²) in [6.45, 7) is 10.8. The molecule has 0 saturated carbocycles. The van der Waals surface area contributed by atoms with E-state index < -0.39 is 0 Å². The second kappa shape index (κ2) is 7.60. The number of carbonyl (C=O) groups is 1. The normalized spacial score (nSPS) is 12.4. The van der Waals surface area contributed by atoms with Crippen molar-refractivity contribution in [3.05, 3.63) is 48.0 Å². The first-order valence-electron chi connectivity index (χ1n) is 8.52. The summed E-state index contributed by atoms with van der Waals surface area (Å²) in [5, 5.41) is 5.71. The molecule has 24 heavy (non-hydrogen) atoms. The van der Waals surface area contributed by atoms with E-state index in [1.54, 1.807) is 11.8 Å². The van der Waals surface area contributed by atoms with Gasteiger partial charge in [0, 0.05) is 11.3 Å². The quantitative estimate of drug-likeness (QED) is 0.760. The van der Waals surface area contributed by atoms with Crippen LogP contribution in [0, 0.1) is 5.41 Å². The van der Waals surface area contributed by atoms with Crippen LogP contribution in [0.1, 0.15) is 46.6 Å². The number of benzene rings is 2. The average Bonchev–Trinajstić information content (AvgIpc) is 2.44. The number of nitrogens with one attached hydrogen (secondary N) is 1. The minimum Gasteiger partial charge on any atom is -0.350 e. The van der Waals surface area contributed by atoms with E-state index in [1.165, 1.54) is 16.3 Å². The van der Waals surface area contributed by atoms with E-state index in [0.29, 0.717) is 5.75 Å². The summed E-state index contributed by atoms with van der Waals surface area (Å²) in [6, 6.07) is 14.8. The van der Waals surface area contributed by atoms with E-state index in [0.717, 1.165) is 12.2 Å². The lowest BCUT2D eigenvalue weighted by atomic mass is 9.82. The number of carbonyl (C=O) groups excluding carboxylic acids is 1. The second-order valence-corrected chi connectivity index (χ2v) is 9.29. The SMILES string of the molecule is CC(C)(C)CC(C)(C)NC(=O)CSCc1cccc2ccccc12. The van der Waals surface area contributed by atoms with Gasteiger partial charge in [0.05, 0.1) is 5.75 Å². The molecule has 0 heterocycles. The molecular weight excluding hydrogens is 314 g/mol. The Morgan fingerprint density at radius 3 is 2.38 bits per heavy atom. The largest absolute Gasteiger partial charge is 0.350 e. The molecule has 0 aliphatic heterocycles. The minimum absolute atomic E-state index is 0.120. The van der Waals surface area contributed by atoms with Crippen molar-refractivity contribution >= 4 is 28.4 Å². The topological polar surface area (TPSA) is 29.1 Å². The van der Waals surface area contributed by atoms with Gasteiger partial charge in [-0.2, -0.15) is 0 Å². The van der Waals surface area contributed by atoms with Gasteiger partial charge in [0.2, 0.25) is 5.91 Å². The molecule has 0 fully saturated rings. The molecular formula is C21H29NOS. The summed E-state index contributed by atoms with van der Waals surface area (Å²) in [5.41, 5.74) is 1.32. The number of amides is 1. The van der Waals surface area contributed by atoms with Crippen LogP contribution in [0.5, 0.6) is 0 Å². The Morgan fingerprint density at radius 1 is 1.00 bits per heavy atom. The van der Waals surface area contributed by atoms with Gasteiger partial charge in [-0.05, 0) is 42.0 Å². The van der Waals surface area contributed by atoms with E-state index in [1.807, 2.05) is 0 Å². The lowest BCUT2D eigenvalue weighted by molar-refractivity contribution is -0.120. The van der Waals surface area contributed by atoms with Gasteiger partial charge in [0.15, 0.2) is 0 Å². The van der Waals surface area contributed by atoms with Crippen molar-refractivity contribution < 1.29 is 4.79 Å². The number of hydrogen-bond donors (Lipinski definition) is 1. The van der Waals surface area contributed by atoms with Crippen molar-refractivity contribution in [2.24, 2.45) is 5.41 Å². The monoisotopic (exact) mass is 343 g/mol. The van der Waals surface area contributed by atoms with Gasteiger partial charge in [0.1, 0.15) is 0 Å². The van der Waals surface area contributed by atoms with Gasteiger partial charge in [-0.15, -0.1) is 11.8 Å². The zero-order chi connectivity index (χ0) is 17.8. The van der Waals surface area contributed by atoms with Crippen molar-refractivity contribution in [2.45, 2.75) is 52.3 Å². The number of thioether (sulfide) groups is 1. The first-order valence-corrected chi connectivity index (χ1v) is 9.67. The Hall–Kier alpha value is -1.48. The van der Waals surface area contributed by atoms with Gasteiger partial charge < -0.3 is 5.32 Å². The van der Waals surface area contributed by atoms with Crippen molar-refractivity contribution in [3.63, 3.8) is 0 Å². The first kappa shape index (κ1) is 18.9. The van der Waals surface area contributed by atoms with E-state index in [9.17, 15) is 4.79 Å². The van der Waals surface area contributed by atoms with E-state index in [4.69, 9.17) is 0 Å². The van der Waals surface area contributed by atoms with Gasteiger partial charge >= 0.3 is 0 Å². The average molecular weight is 344 g/mol. The number of rotatable bonds is 6. The summed E-state index contributed by atoms with van der Waals surface area (Å²) < 4.78 is 0. The molecule has 2 aromatic rings. The van der Waals surface area contributed by atoms with Gasteiger partial charge in [0.25, 0.3) is 0 Å². The Kier molecular flexibility index (Phi) is 5.97. The summed E-state index contributed by atoms with van der Waals surface area (Å²) in [7, 11) is 0. The van der Waals surface area contributed by atoms with Crippen LogP contribution < -0.4 is 5.32 Å². The third-order valence-corrected chi connectivity index (χ3v) is 4.80. The maximum absolute atomic E-state index is 12.3. The highest BCUT2D eigenvalue weighted by atomic mass is 32.2. The van der Waals surface area contributed by atoms with Gasteiger partial charge in [-0.3, -0.25) is 4.79 Å². The van der Waals surface area contributed by atoms with Crippen LogP contribution >= 0.6 is 11.8 Å². The van der Waals surface area contributed by atoms with Crippen LogP contribution in [0.3, 0.4) is 0 Å². The molecule has 2 aromatic carbocycles. The Labute approximate surface area is 150 Å². The van der Waals surface area contributed by atoms with Gasteiger partial charge in [-0.1, -0.05) is 63.2 Å². The Balaban J connectivity index is 1.88. The molecule has 130 valence electrons. The molecule has 0 aromatic heterocycles. The lowest BCUT2D eigenvalue weighted by Crippen LogP contribution is -2.46. The molecule has 3 heteroatoms. The highest BCUT2D eigenvalue weighted by Crippen LogP contribution is 2.27. The maximum atomic E-state index is 12.3. The Bertz CT molecular complexity index is 695. The fraction of sp³-hybridized carbons (Fsp3) is 0.476. The number of fused-ring (bicyclic) bond motifs is 1. The van der Waals surface area contributed by atoms with E-state index in [-0.39, 0.29) is 16.9 Å². The molecule has 0 aliphatic carbocycles. The molecule has 1 amide bonds. The fourth-order valence-corrected chi connectivity index (χ4v) is 4.29. The molecule has 0 radical (unpaired) electrons. The molecule has 2 nitrogen and oxygen atoms in total. The van der Waals surface area contributed by atoms with Crippen LogP contribution in [0.4, 0.5) is 0 Å². The van der Waals surface area contributed by atoms with E-state index >= 15 is 0 Å². The van der Waals surface area contributed by atoms with Crippen molar-refractivity contribution in [2.75, 3.05) is 5.75 Å². The molecule has 0 atom stereocenters. The molecule has 0 spiro atoms. The zero-order valence-electron chi connectivity index (χ0n) is 15.5. The summed E-state index contributed by atoms with van der Waals surface area (Å²) in [4.78, 5) is 12.3. The first-order chi connectivity index (χ1) is 11.2. The third-order valence-electron chi connectivity index (χ3n) is 3.82. The standard InChI is InChI=1S/C21H29NOS/c1-20(2,3)15-21(4,5)22-19(23)14-24-13-17-11-8-10-16-9-6-7-12-18(16)17/h6-12H,13-15H2,1-5H3,(H,22,23). The van der Waals surface area contributed by atoms with Crippen LogP contribution in [0.25, 0.3) is 10.8 Å². The molecule has 2 rings (SSSR count). The van der Waals surface area contributed by atoms with Crippen LogP contribution in [-0.2, 0) is 10.5 Å². The van der Waals surface area contributed by atoms with Crippen LogP contribution in [0.2, 0.25) is 0 Å². The molecule has 0 aliphatic rings. The van der Waals surface area contributed by atoms with Crippen molar-refractivity contribution in [3.8, 4) is 0 Å². The fourth-order valence-electron chi connectivity index (χ4n) is 3.46. The van der Waals surface area contributed by atoms with Crippen molar-refractivity contribution in [1.82, 2.24) is 5.32 Å². The Morgan fingerprint density at radius 2 is 1.67 bits per heavy atom. The van der Waals surface area contributed by atoms with Crippen LogP contribution in [-0.4, -0.2) is 17.2 Å². The van der Waals surface area contributed by atoms with Crippen LogP contribution in [0.15, 0.2) is 42.5 Å². The highest BCUT2D eigenvalue weighted by molar-refractivity contribution is 7.99. The predicted octanol–water partition coefficient (Wildman–Crippen LogP) is 5.40. The zero-order valence-corrected chi connectivity index (χ0v) is 16.3. The number of hydrogen-bond acceptors (Lipinski definition) is 2. The summed E-state index contributed by atoms with van der Waals surface area (Å²) in [5.74, 6) is 1.47. The lowest BCUT2D eigenvalue weighted by Gasteiger charge is -2.33. The molecule has 0 unspecified atom stereocenters. The third kappa shape index (κ3) is 5.86.